The lowest BCUT2D eigenvalue weighted by molar-refractivity contribution is -0.123. The number of morpholine rings is 1. The molecule has 34 heavy (non-hydrogen) atoms. The molecule has 0 bridgehead atoms. The number of nitrogens with zero attached hydrogens (tertiary/aromatic N) is 3. The monoisotopic (exact) mass is 486 g/mol. The van der Waals surface area contributed by atoms with Crippen molar-refractivity contribution in [1.29, 1.82) is 0 Å². The van der Waals surface area contributed by atoms with Crippen molar-refractivity contribution in [2.75, 3.05) is 59.0 Å². The second-order valence-electron chi connectivity index (χ2n) is 8.85. The van der Waals surface area contributed by atoms with Crippen molar-refractivity contribution in [2.24, 2.45) is 0 Å². The van der Waals surface area contributed by atoms with Crippen LogP contribution >= 0.6 is 0 Å². The molecule has 184 valence electrons. The molecule has 2 fully saturated rings. The molecule has 0 aromatic heterocycles. The van der Waals surface area contributed by atoms with E-state index in [1.807, 2.05) is 23.1 Å². The molecule has 2 aromatic rings. The predicted octanol–water partition coefficient (Wildman–Crippen LogP) is 1.57. The van der Waals surface area contributed by atoms with Gasteiger partial charge in [0.1, 0.15) is 0 Å². The Hall–Kier alpha value is -2.30. The summed E-state index contributed by atoms with van der Waals surface area (Å²) in [4.78, 5) is 17.6. The Morgan fingerprint density at radius 2 is 1.50 bits per heavy atom. The second kappa shape index (κ2) is 11.4. The molecule has 0 unspecified atom stereocenters. The van der Waals surface area contributed by atoms with Crippen LogP contribution in [-0.4, -0.2) is 93.5 Å². The first-order valence-electron chi connectivity index (χ1n) is 11.9. The number of ether oxygens (including phenoxy) is 1. The lowest BCUT2D eigenvalue weighted by Gasteiger charge is -2.39. The highest BCUT2D eigenvalue weighted by atomic mass is 32.2. The van der Waals surface area contributed by atoms with E-state index in [1.165, 1.54) is 9.87 Å². The van der Waals surface area contributed by atoms with E-state index >= 15 is 0 Å². The molecule has 2 heterocycles. The van der Waals surface area contributed by atoms with Crippen molar-refractivity contribution in [3.63, 3.8) is 0 Å². The zero-order valence-corrected chi connectivity index (χ0v) is 20.5. The molecule has 2 aliphatic rings. The summed E-state index contributed by atoms with van der Waals surface area (Å²) < 4.78 is 32.7. The Labute approximate surface area is 202 Å². The van der Waals surface area contributed by atoms with E-state index in [2.05, 4.69) is 29.3 Å². The first-order chi connectivity index (χ1) is 16.4. The zero-order chi connectivity index (χ0) is 24.0. The minimum absolute atomic E-state index is 0.0407. The average Bonchev–Trinajstić information content (AvgIpc) is 2.86. The Balaban J connectivity index is 1.32. The molecule has 0 radical (unpaired) electrons. The van der Waals surface area contributed by atoms with Gasteiger partial charge in [0.2, 0.25) is 15.9 Å². The molecule has 0 aliphatic carbocycles. The number of carbonyl (C=O) groups is 1. The third kappa shape index (κ3) is 6.03. The highest BCUT2D eigenvalue weighted by molar-refractivity contribution is 7.89. The number of piperazine rings is 1. The van der Waals surface area contributed by atoms with Crippen LogP contribution in [0.1, 0.15) is 18.5 Å². The van der Waals surface area contributed by atoms with Gasteiger partial charge in [-0.1, -0.05) is 48.5 Å². The van der Waals surface area contributed by atoms with Gasteiger partial charge in [0.15, 0.2) is 0 Å². The number of hydrogen-bond acceptors (Lipinski definition) is 6. The molecule has 2 atom stereocenters. The molecular formula is C25H34N4O4S. The Bertz CT molecular complexity index is 1020. The quantitative estimate of drug-likeness (QED) is 0.610. The zero-order valence-electron chi connectivity index (χ0n) is 19.7. The summed E-state index contributed by atoms with van der Waals surface area (Å²) in [5.74, 6) is -0.0407. The SMILES string of the molecule is C[C@H](NC(=O)CN1CCN(S(=O)(=O)c2ccccc2)CC1)[C@@H](c1ccccc1)N1CCOCC1. The van der Waals surface area contributed by atoms with Crippen LogP contribution in [0, 0.1) is 0 Å². The molecule has 8 nitrogen and oxygen atoms in total. The van der Waals surface area contributed by atoms with Crippen LogP contribution in [-0.2, 0) is 19.6 Å². The number of sulfonamides is 1. The predicted molar refractivity (Wildman–Crippen MR) is 131 cm³/mol. The minimum atomic E-state index is -3.50. The number of benzene rings is 2. The standard InChI is InChI=1S/C25H34N4O4S/c1-21(25(22-8-4-2-5-9-22)28-16-18-33-19-17-28)26-24(30)20-27-12-14-29(15-13-27)34(31,32)23-10-6-3-7-11-23/h2-11,21,25H,12-20H2,1H3,(H,26,30)/t21-,25-/m0/s1. The fourth-order valence-corrected chi connectivity index (χ4v) is 6.22. The highest BCUT2D eigenvalue weighted by Crippen LogP contribution is 2.25. The molecule has 9 heteroatoms. The van der Waals surface area contributed by atoms with E-state index in [4.69, 9.17) is 4.74 Å². The molecule has 0 spiro atoms. The molecule has 2 aliphatic heterocycles. The summed E-state index contributed by atoms with van der Waals surface area (Å²) in [5, 5.41) is 3.20. The first-order valence-corrected chi connectivity index (χ1v) is 13.3. The summed E-state index contributed by atoms with van der Waals surface area (Å²) in [5.41, 5.74) is 1.18. The van der Waals surface area contributed by atoms with E-state index in [-0.39, 0.29) is 24.5 Å². The van der Waals surface area contributed by atoms with Crippen LogP contribution < -0.4 is 5.32 Å². The van der Waals surface area contributed by atoms with E-state index in [9.17, 15) is 13.2 Å². The molecule has 1 amide bonds. The van der Waals surface area contributed by atoms with Crippen molar-refractivity contribution in [2.45, 2.75) is 23.9 Å². The van der Waals surface area contributed by atoms with Gasteiger partial charge in [0.05, 0.1) is 30.7 Å². The van der Waals surface area contributed by atoms with Crippen molar-refractivity contribution in [1.82, 2.24) is 19.4 Å². The average molecular weight is 487 g/mol. The van der Waals surface area contributed by atoms with E-state index < -0.39 is 10.0 Å². The molecule has 0 saturated carbocycles. The van der Waals surface area contributed by atoms with Gasteiger partial charge in [-0.15, -0.1) is 0 Å². The normalized spacial score (nSPS) is 20.5. The minimum Gasteiger partial charge on any atom is -0.379 e. The smallest absolute Gasteiger partial charge is 0.243 e. The molecule has 4 rings (SSSR count). The van der Waals surface area contributed by atoms with Gasteiger partial charge in [0.25, 0.3) is 0 Å². The van der Waals surface area contributed by atoms with E-state index in [0.717, 1.165) is 13.1 Å². The largest absolute Gasteiger partial charge is 0.379 e. The number of carbonyl (C=O) groups excluding carboxylic acids is 1. The molecule has 1 N–H and O–H groups in total. The van der Waals surface area contributed by atoms with Crippen LogP contribution in [0.4, 0.5) is 0 Å². The van der Waals surface area contributed by atoms with Crippen LogP contribution in [0.5, 0.6) is 0 Å². The van der Waals surface area contributed by atoms with Crippen LogP contribution in [0.2, 0.25) is 0 Å². The number of rotatable bonds is 8. The fourth-order valence-electron chi connectivity index (χ4n) is 4.77. The van der Waals surface area contributed by atoms with Crippen LogP contribution in [0.15, 0.2) is 65.6 Å². The third-order valence-corrected chi connectivity index (χ3v) is 8.43. The Kier molecular flexibility index (Phi) is 8.33. The lowest BCUT2D eigenvalue weighted by Crippen LogP contribution is -2.53. The topological polar surface area (TPSA) is 82.2 Å². The first kappa shape index (κ1) is 24.8. The van der Waals surface area contributed by atoms with Crippen LogP contribution in [0.25, 0.3) is 0 Å². The van der Waals surface area contributed by atoms with Gasteiger partial charge in [-0.25, -0.2) is 8.42 Å². The van der Waals surface area contributed by atoms with Gasteiger partial charge in [0, 0.05) is 45.3 Å². The Morgan fingerprint density at radius 1 is 0.912 bits per heavy atom. The maximum absolute atomic E-state index is 12.9. The summed E-state index contributed by atoms with van der Waals surface area (Å²) in [7, 11) is -3.50. The Morgan fingerprint density at radius 3 is 2.12 bits per heavy atom. The van der Waals surface area contributed by atoms with Gasteiger partial charge >= 0.3 is 0 Å². The van der Waals surface area contributed by atoms with Gasteiger partial charge in [-0.05, 0) is 24.6 Å². The molecule has 2 aromatic carbocycles. The molecular weight excluding hydrogens is 452 g/mol. The highest BCUT2D eigenvalue weighted by Gasteiger charge is 2.31. The lowest BCUT2D eigenvalue weighted by atomic mass is 9.98. The number of hydrogen-bond donors (Lipinski definition) is 1. The maximum atomic E-state index is 12.9. The van der Waals surface area contributed by atoms with E-state index in [0.29, 0.717) is 44.3 Å². The van der Waals surface area contributed by atoms with E-state index in [1.54, 1.807) is 30.3 Å². The second-order valence-corrected chi connectivity index (χ2v) is 10.8. The van der Waals surface area contributed by atoms with Gasteiger partial charge < -0.3 is 10.1 Å². The number of nitrogens with one attached hydrogen (secondary N) is 1. The summed E-state index contributed by atoms with van der Waals surface area (Å²) in [6.45, 7) is 7.17. The van der Waals surface area contributed by atoms with Crippen molar-refractivity contribution >= 4 is 15.9 Å². The third-order valence-electron chi connectivity index (χ3n) is 6.52. The van der Waals surface area contributed by atoms with Gasteiger partial charge in [-0.2, -0.15) is 4.31 Å². The van der Waals surface area contributed by atoms with Gasteiger partial charge in [-0.3, -0.25) is 14.6 Å². The van der Waals surface area contributed by atoms with Crippen LogP contribution in [0.3, 0.4) is 0 Å². The molecule has 2 saturated heterocycles. The summed E-state index contributed by atoms with van der Waals surface area (Å²) in [6, 6.07) is 18.8. The van der Waals surface area contributed by atoms with Crippen molar-refractivity contribution in [3.8, 4) is 0 Å². The van der Waals surface area contributed by atoms with Crippen molar-refractivity contribution in [3.05, 3.63) is 66.2 Å². The fraction of sp³-hybridized carbons (Fsp3) is 0.480. The number of amides is 1. The summed E-state index contributed by atoms with van der Waals surface area (Å²) in [6.07, 6.45) is 0. The maximum Gasteiger partial charge on any atom is 0.243 e. The van der Waals surface area contributed by atoms with Crippen molar-refractivity contribution < 1.29 is 17.9 Å². The summed E-state index contributed by atoms with van der Waals surface area (Å²) >= 11 is 0.